The minimum absolute atomic E-state index is 0.327. The molecule has 7 rings (SSSR count). The van der Waals surface area contributed by atoms with Gasteiger partial charge in [0.15, 0.2) is 5.60 Å². The third kappa shape index (κ3) is 5.22. The first-order valence-corrected chi connectivity index (χ1v) is 15.9. The fraction of sp³-hybridized carbons (Fsp3) is 0.225. The van der Waals surface area contributed by atoms with Crippen LogP contribution in [0.1, 0.15) is 65.4 Å². The van der Waals surface area contributed by atoms with Gasteiger partial charge >= 0.3 is 5.97 Å². The number of anilines is 3. The number of hydrogen-bond donors (Lipinski definition) is 1. The van der Waals surface area contributed by atoms with Crippen molar-refractivity contribution in [2.75, 3.05) is 23.3 Å². The SMILES string of the molecule is CCN(CCC(C)C)c1ccc2c(c1)Oc1cc(Cc3ccccc3)c(Nc3ccccc3)cc1C21OC(=O)c2ccccc21. The molecule has 1 spiro atoms. The van der Waals surface area contributed by atoms with Crippen molar-refractivity contribution in [3.63, 3.8) is 0 Å². The average Bonchev–Trinajstić information content (AvgIpc) is 3.35. The van der Waals surface area contributed by atoms with E-state index >= 15 is 0 Å². The standard InChI is InChI=1S/C40H38N2O3/c1-4-42(22-21-27(2)3)31-19-20-34-38(25-31)44-37-24-29(23-28-13-7-5-8-14-28)36(41-30-15-9-6-10-16-30)26-35(37)40(34)33-18-12-11-17-32(33)39(43)45-40/h5-20,24-27,41H,4,21-23H2,1-3H3. The minimum atomic E-state index is -1.14. The number of para-hydroxylation sites is 1. The highest BCUT2D eigenvalue weighted by Crippen LogP contribution is 2.57. The number of nitrogens with zero attached hydrogens (tertiary/aromatic N) is 1. The second-order valence-electron chi connectivity index (χ2n) is 12.3. The molecule has 226 valence electrons. The smallest absolute Gasteiger partial charge is 0.340 e. The van der Waals surface area contributed by atoms with Gasteiger partial charge in [0, 0.05) is 52.9 Å². The lowest BCUT2D eigenvalue weighted by Gasteiger charge is -2.38. The van der Waals surface area contributed by atoms with Crippen LogP contribution in [0.25, 0.3) is 0 Å². The summed E-state index contributed by atoms with van der Waals surface area (Å²) in [5.74, 6) is 1.69. The summed E-state index contributed by atoms with van der Waals surface area (Å²) >= 11 is 0. The van der Waals surface area contributed by atoms with Gasteiger partial charge in [0.2, 0.25) is 0 Å². The summed E-state index contributed by atoms with van der Waals surface area (Å²) in [7, 11) is 0. The number of fused-ring (bicyclic) bond motifs is 6. The molecule has 1 atom stereocenters. The van der Waals surface area contributed by atoms with E-state index in [0.29, 0.717) is 29.4 Å². The molecule has 2 aliphatic rings. The summed E-state index contributed by atoms with van der Waals surface area (Å²) in [6.45, 7) is 8.54. The number of nitrogens with one attached hydrogen (secondary N) is 1. The minimum Gasteiger partial charge on any atom is -0.456 e. The molecule has 1 unspecified atom stereocenters. The number of carbonyl (C=O) groups is 1. The van der Waals surface area contributed by atoms with E-state index < -0.39 is 5.60 Å². The van der Waals surface area contributed by atoms with E-state index in [0.717, 1.165) is 58.8 Å². The second-order valence-corrected chi connectivity index (χ2v) is 12.3. The lowest BCUT2D eigenvalue weighted by Crippen LogP contribution is -2.33. The summed E-state index contributed by atoms with van der Waals surface area (Å²) in [6.07, 6.45) is 1.81. The highest BCUT2D eigenvalue weighted by atomic mass is 16.6. The Hall–Kier alpha value is -5.03. The van der Waals surface area contributed by atoms with E-state index in [4.69, 9.17) is 9.47 Å². The fourth-order valence-electron chi connectivity index (χ4n) is 6.58. The number of hydrogen-bond acceptors (Lipinski definition) is 5. The molecule has 2 heterocycles. The third-order valence-electron chi connectivity index (χ3n) is 8.93. The van der Waals surface area contributed by atoms with Gasteiger partial charge in [0.05, 0.1) is 5.56 Å². The van der Waals surface area contributed by atoms with Crippen molar-refractivity contribution in [2.45, 2.75) is 39.2 Å². The lowest BCUT2D eigenvalue weighted by molar-refractivity contribution is 0.0224. The van der Waals surface area contributed by atoms with Crippen LogP contribution in [0.4, 0.5) is 17.1 Å². The molecule has 5 aromatic rings. The van der Waals surface area contributed by atoms with Crippen molar-refractivity contribution in [3.8, 4) is 11.5 Å². The first-order chi connectivity index (χ1) is 22.0. The van der Waals surface area contributed by atoms with Gasteiger partial charge in [0.25, 0.3) is 0 Å². The summed E-state index contributed by atoms with van der Waals surface area (Å²) in [5.41, 5.74) is 7.22. The van der Waals surface area contributed by atoms with Crippen LogP contribution in [0.5, 0.6) is 11.5 Å². The van der Waals surface area contributed by atoms with E-state index in [1.807, 2.05) is 48.5 Å². The number of esters is 1. The molecule has 0 fully saturated rings. The normalized spacial score (nSPS) is 16.0. The molecular formula is C40H38N2O3. The molecule has 0 saturated heterocycles. The van der Waals surface area contributed by atoms with Crippen LogP contribution in [-0.4, -0.2) is 19.1 Å². The van der Waals surface area contributed by atoms with Gasteiger partial charge in [-0.3, -0.25) is 0 Å². The van der Waals surface area contributed by atoms with E-state index in [1.54, 1.807) is 0 Å². The molecule has 5 aromatic carbocycles. The molecule has 0 bridgehead atoms. The Bertz CT molecular complexity index is 1850. The Kier molecular flexibility index (Phi) is 7.54. The summed E-state index contributed by atoms with van der Waals surface area (Å²) in [5, 5.41) is 3.66. The van der Waals surface area contributed by atoms with Gasteiger partial charge in [-0.2, -0.15) is 0 Å². The molecule has 0 amide bonds. The van der Waals surface area contributed by atoms with Gasteiger partial charge < -0.3 is 19.7 Å². The third-order valence-corrected chi connectivity index (χ3v) is 8.93. The zero-order valence-electron chi connectivity index (χ0n) is 26.0. The first kappa shape index (κ1) is 28.7. The van der Waals surface area contributed by atoms with E-state index in [9.17, 15) is 4.79 Å². The molecule has 0 saturated carbocycles. The molecule has 1 N–H and O–H groups in total. The molecule has 45 heavy (non-hydrogen) atoms. The van der Waals surface area contributed by atoms with Crippen LogP contribution in [0, 0.1) is 5.92 Å². The van der Waals surface area contributed by atoms with Gasteiger partial charge in [-0.05, 0) is 79.3 Å². The monoisotopic (exact) mass is 594 g/mol. The molecular weight excluding hydrogens is 556 g/mol. The number of carbonyl (C=O) groups excluding carboxylic acids is 1. The number of ether oxygens (including phenoxy) is 2. The van der Waals surface area contributed by atoms with Crippen LogP contribution in [0.2, 0.25) is 0 Å². The average molecular weight is 595 g/mol. The number of rotatable bonds is 9. The van der Waals surface area contributed by atoms with Gasteiger partial charge in [-0.25, -0.2) is 4.79 Å². The molecule has 0 aromatic heterocycles. The molecule has 5 heteroatoms. The van der Waals surface area contributed by atoms with Crippen LogP contribution in [-0.2, 0) is 16.8 Å². The highest BCUT2D eigenvalue weighted by molar-refractivity contribution is 5.97. The highest BCUT2D eigenvalue weighted by Gasteiger charge is 2.53. The maximum absolute atomic E-state index is 13.5. The van der Waals surface area contributed by atoms with E-state index in [1.165, 1.54) is 5.56 Å². The molecule has 2 aliphatic heterocycles. The maximum Gasteiger partial charge on any atom is 0.340 e. The van der Waals surface area contributed by atoms with E-state index in [-0.39, 0.29) is 5.97 Å². The lowest BCUT2D eigenvalue weighted by atomic mass is 9.77. The summed E-state index contributed by atoms with van der Waals surface area (Å²) in [4.78, 5) is 15.9. The summed E-state index contributed by atoms with van der Waals surface area (Å²) < 4.78 is 13.3. The zero-order chi connectivity index (χ0) is 31.0. The topological polar surface area (TPSA) is 50.8 Å². The van der Waals surface area contributed by atoms with Crippen LogP contribution in [0.3, 0.4) is 0 Å². The largest absolute Gasteiger partial charge is 0.456 e. The van der Waals surface area contributed by atoms with Crippen LogP contribution < -0.4 is 15.0 Å². The second kappa shape index (κ2) is 11.8. The van der Waals surface area contributed by atoms with Crippen molar-refractivity contribution in [3.05, 3.63) is 149 Å². The van der Waals surface area contributed by atoms with Crippen LogP contribution >= 0.6 is 0 Å². The van der Waals surface area contributed by atoms with Crippen LogP contribution in [0.15, 0.2) is 115 Å². The Labute approximate surface area is 265 Å². The summed E-state index contributed by atoms with van der Waals surface area (Å²) in [6, 6.07) is 38.9. The van der Waals surface area contributed by atoms with Crippen molar-refractivity contribution in [2.24, 2.45) is 5.92 Å². The van der Waals surface area contributed by atoms with Gasteiger partial charge in [-0.15, -0.1) is 0 Å². The van der Waals surface area contributed by atoms with Crippen molar-refractivity contribution < 1.29 is 14.3 Å². The predicted octanol–water partition coefficient (Wildman–Crippen LogP) is 9.46. The zero-order valence-corrected chi connectivity index (χ0v) is 26.0. The molecule has 0 aliphatic carbocycles. The van der Waals surface area contributed by atoms with Crippen molar-refractivity contribution in [1.82, 2.24) is 0 Å². The van der Waals surface area contributed by atoms with Gasteiger partial charge in [0.1, 0.15) is 11.5 Å². The van der Waals surface area contributed by atoms with Gasteiger partial charge in [-0.1, -0.05) is 80.6 Å². The fourth-order valence-corrected chi connectivity index (χ4v) is 6.58. The molecule has 0 radical (unpaired) electrons. The predicted molar refractivity (Wildman–Crippen MR) is 181 cm³/mol. The Morgan fingerprint density at radius 1 is 0.778 bits per heavy atom. The Morgan fingerprint density at radius 2 is 1.49 bits per heavy atom. The molecule has 5 nitrogen and oxygen atoms in total. The Balaban J connectivity index is 1.42. The van der Waals surface area contributed by atoms with E-state index in [2.05, 4.69) is 97.7 Å². The van der Waals surface area contributed by atoms with Crippen molar-refractivity contribution >= 4 is 23.0 Å². The maximum atomic E-state index is 13.5. The number of benzene rings is 5. The first-order valence-electron chi connectivity index (χ1n) is 15.9. The van der Waals surface area contributed by atoms with Crippen molar-refractivity contribution in [1.29, 1.82) is 0 Å². The quantitative estimate of drug-likeness (QED) is 0.172. The Morgan fingerprint density at radius 3 is 2.24 bits per heavy atom.